The summed E-state index contributed by atoms with van der Waals surface area (Å²) in [5, 5.41) is 9.05. The van der Waals surface area contributed by atoms with Gasteiger partial charge in [0.2, 0.25) is 0 Å². The Morgan fingerprint density at radius 3 is 2.79 bits per heavy atom. The largest absolute Gasteiger partial charge is 0.443 e. The maximum Gasteiger partial charge on any atom is 0.416 e. The van der Waals surface area contributed by atoms with Crippen molar-refractivity contribution >= 4 is 41.1 Å². The zero-order chi connectivity index (χ0) is 20.9. The van der Waals surface area contributed by atoms with Crippen LogP contribution in [0.2, 0.25) is 5.15 Å². The Bertz CT molecular complexity index is 1060. The molecule has 0 radical (unpaired) electrons. The molecule has 2 unspecified atom stereocenters. The number of halogens is 1. The monoisotopic (exact) mass is 418 g/mol. The number of urea groups is 1. The average Bonchev–Trinajstić information content (AvgIpc) is 3.01. The highest BCUT2D eigenvalue weighted by Gasteiger charge is 2.47. The third kappa shape index (κ3) is 3.88. The van der Waals surface area contributed by atoms with Crippen LogP contribution in [0, 0.1) is 5.92 Å². The normalized spacial score (nSPS) is 22.6. The molecule has 2 atom stereocenters. The minimum atomic E-state index is -0.711. The minimum Gasteiger partial charge on any atom is -0.443 e. The molecule has 1 aliphatic heterocycles. The third-order valence-electron chi connectivity index (χ3n) is 4.38. The number of amides is 4. The van der Waals surface area contributed by atoms with Gasteiger partial charge in [0.15, 0.2) is 5.65 Å². The lowest BCUT2D eigenvalue weighted by Crippen LogP contribution is -2.40. The van der Waals surface area contributed by atoms with Gasteiger partial charge in [-0.3, -0.25) is 15.0 Å². The summed E-state index contributed by atoms with van der Waals surface area (Å²) in [7, 11) is 0. The molecule has 0 bridgehead atoms. The molecule has 2 fully saturated rings. The maximum atomic E-state index is 13.0. The molecule has 1 saturated heterocycles. The quantitative estimate of drug-likeness (QED) is 0.448. The van der Waals surface area contributed by atoms with E-state index in [0.717, 1.165) is 0 Å². The van der Waals surface area contributed by atoms with Crippen LogP contribution in [0.25, 0.3) is 5.65 Å². The van der Waals surface area contributed by atoms with E-state index in [1.54, 1.807) is 39.1 Å². The summed E-state index contributed by atoms with van der Waals surface area (Å²) < 4.78 is 7.09. The Morgan fingerprint density at radius 1 is 1.38 bits per heavy atom. The van der Waals surface area contributed by atoms with Gasteiger partial charge in [-0.1, -0.05) is 11.6 Å². The second-order valence-electron chi connectivity index (χ2n) is 7.84. The molecule has 152 valence electrons. The number of ether oxygens (including phenoxy) is 1. The average molecular weight is 419 g/mol. The molecule has 2 aromatic heterocycles. The van der Waals surface area contributed by atoms with Gasteiger partial charge in [0, 0.05) is 24.1 Å². The van der Waals surface area contributed by atoms with Crippen LogP contribution in [-0.2, 0) is 9.53 Å². The van der Waals surface area contributed by atoms with Gasteiger partial charge in [-0.05, 0) is 33.3 Å². The van der Waals surface area contributed by atoms with Gasteiger partial charge in [0.05, 0.1) is 6.20 Å². The number of anilines is 1. The van der Waals surface area contributed by atoms with Gasteiger partial charge in [-0.2, -0.15) is 9.61 Å². The highest BCUT2D eigenvalue weighted by molar-refractivity contribution is 6.29. The molecular weight excluding hydrogens is 400 g/mol. The predicted molar refractivity (Wildman–Crippen MR) is 103 cm³/mol. The number of fused-ring (bicyclic) bond motifs is 1. The minimum absolute atomic E-state index is 0.153. The molecule has 1 saturated carbocycles. The first-order valence-corrected chi connectivity index (χ1v) is 9.37. The van der Waals surface area contributed by atoms with Gasteiger partial charge in [-0.25, -0.2) is 14.6 Å². The van der Waals surface area contributed by atoms with Crippen molar-refractivity contribution in [3.8, 4) is 0 Å². The van der Waals surface area contributed by atoms with Crippen molar-refractivity contribution in [2.75, 3.05) is 4.90 Å². The first-order valence-electron chi connectivity index (χ1n) is 8.99. The van der Waals surface area contributed by atoms with Crippen LogP contribution in [0.4, 0.5) is 15.4 Å². The van der Waals surface area contributed by atoms with E-state index in [1.165, 1.54) is 15.5 Å². The van der Waals surface area contributed by atoms with Crippen LogP contribution in [0.1, 0.15) is 27.2 Å². The predicted octanol–water partition coefficient (Wildman–Crippen LogP) is 2.24. The molecule has 2 aliphatic rings. The lowest BCUT2D eigenvalue weighted by atomic mass is 10.2. The molecule has 2 N–H and O–H groups in total. The summed E-state index contributed by atoms with van der Waals surface area (Å²) in [4.78, 5) is 41.8. The van der Waals surface area contributed by atoms with Crippen molar-refractivity contribution in [1.82, 2.24) is 25.2 Å². The van der Waals surface area contributed by atoms with E-state index in [2.05, 4.69) is 20.7 Å². The zero-order valence-corrected chi connectivity index (χ0v) is 16.7. The number of carbonyl (C=O) groups is 3. The summed E-state index contributed by atoms with van der Waals surface area (Å²) in [5.41, 5.74) is -0.0555. The topological polar surface area (TPSA) is 118 Å². The van der Waals surface area contributed by atoms with Crippen molar-refractivity contribution in [1.29, 1.82) is 0 Å². The van der Waals surface area contributed by atoms with Gasteiger partial charge < -0.3 is 10.1 Å². The highest BCUT2D eigenvalue weighted by atomic mass is 35.5. The van der Waals surface area contributed by atoms with Crippen molar-refractivity contribution in [3.63, 3.8) is 0 Å². The van der Waals surface area contributed by atoms with E-state index in [0.29, 0.717) is 17.9 Å². The van der Waals surface area contributed by atoms with Gasteiger partial charge in [-0.15, -0.1) is 0 Å². The molecule has 2 aromatic rings. The van der Waals surface area contributed by atoms with E-state index in [4.69, 9.17) is 16.3 Å². The zero-order valence-electron chi connectivity index (χ0n) is 16.0. The Labute approximate surface area is 170 Å². The van der Waals surface area contributed by atoms with Crippen LogP contribution in [0.3, 0.4) is 0 Å². The van der Waals surface area contributed by atoms with E-state index in [1.807, 2.05) is 0 Å². The van der Waals surface area contributed by atoms with E-state index < -0.39 is 23.6 Å². The number of hydrogen-bond donors (Lipinski definition) is 2. The maximum absolute atomic E-state index is 13.0. The third-order valence-corrected chi connectivity index (χ3v) is 4.58. The lowest BCUT2D eigenvalue weighted by Gasteiger charge is -2.28. The van der Waals surface area contributed by atoms with Gasteiger partial charge in [0.1, 0.15) is 22.3 Å². The molecule has 11 heteroatoms. The van der Waals surface area contributed by atoms with Crippen LogP contribution in [0.15, 0.2) is 30.1 Å². The number of hydrogen-bond acceptors (Lipinski definition) is 6. The highest BCUT2D eigenvalue weighted by Crippen LogP contribution is 2.41. The number of carbonyl (C=O) groups excluding carboxylic acids is 3. The van der Waals surface area contributed by atoms with Crippen molar-refractivity contribution in [3.05, 3.63) is 35.3 Å². The van der Waals surface area contributed by atoms with Crippen molar-refractivity contribution in [2.24, 2.45) is 5.92 Å². The van der Waals surface area contributed by atoms with Crippen molar-refractivity contribution in [2.45, 2.75) is 38.8 Å². The standard InChI is InChI=1S/C18H19ClN6O4/c1-18(2,3)29-17(28)24(14-8-12(19)22-13-4-5-20-25(13)14)11-7-9(11)6-10-15(26)23-16(27)21-10/h4-6,8-9,11H,7H2,1-3H3,(H2,21,23,26,27). The van der Waals surface area contributed by atoms with Crippen LogP contribution >= 0.6 is 11.6 Å². The van der Waals surface area contributed by atoms with E-state index >= 15 is 0 Å². The summed E-state index contributed by atoms with van der Waals surface area (Å²) in [6.45, 7) is 5.32. The first-order chi connectivity index (χ1) is 13.6. The molecule has 1 aliphatic carbocycles. The molecule has 10 nitrogen and oxygen atoms in total. The fourth-order valence-electron chi connectivity index (χ4n) is 3.14. The smallest absolute Gasteiger partial charge is 0.416 e. The first kappa shape index (κ1) is 19.2. The lowest BCUT2D eigenvalue weighted by molar-refractivity contribution is -0.115. The molecule has 0 spiro atoms. The van der Waals surface area contributed by atoms with Crippen LogP contribution < -0.4 is 15.5 Å². The Balaban J connectivity index is 1.70. The van der Waals surface area contributed by atoms with Crippen LogP contribution in [0.5, 0.6) is 0 Å². The van der Waals surface area contributed by atoms with Crippen LogP contribution in [-0.4, -0.2) is 44.3 Å². The van der Waals surface area contributed by atoms with E-state index in [9.17, 15) is 14.4 Å². The van der Waals surface area contributed by atoms with Gasteiger partial charge in [0.25, 0.3) is 5.91 Å². The van der Waals surface area contributed by atoms with E-state index in [-0.39, 0.29) is 22.8 Å². The number of imide groups is 1. The number of nitrogens with one attached hydrogen (secondary N) is 2. The molecule has 4 rings (SSSR count). The SMILES string of the molecule is CC(C)(C)OC(=O)N(c1cc(Cl)nc2ccnn12)C1CC1C=C1NC(=O)NC1=O. The summed E-state index contributed by atoms with van der Waals surface area (Å²) in [5.74, 6) is -0.241. The fraction of sp³-hybridized carbons (Fsp3) is 0.389. The fourth-order valence-corrected chi connectivity index (χ4v) is 3.32. The molecular formula is C18H19ClN6O4. The molecule has 0 aromatic carbocycles. The summed E-state index contributed by atoms with van der Waals surface area (Å²) >= 11 is 6.15. The summed E-state index contributed by atoms with van der Waals surface area (Å²) in [6, 6.07) is 2.35. The number of rotatable bonds is 3. The Morgan fingerprint density at radius 2 is 2.14 bits per heavy atom. The second kappa shape index (κ2) is 6.73. The Hall–Kier alpha value is -3.14. The number of nitrogens with zero attached hydrogens (tertiary/aromatic N) is 4. The Kier molecular flexibility index (Phi) is 4.45. The molecule has 3 heterocycles. The molecule has 4 amide bonds. The second-order valence-corrected chi connectivity index (χ2v) is 8.23. The molecule has 29 heavy (non-hydrogen) atoms. The van der Waals surface area contributed by atoms with Gasteiger partial charge >= 0.3 is 12.1 Å². The van der Waals surface area contributed by atoms with Crippen molar-refractivity contribution < 1.29 is 19.1 Å². The number of aromatic nitrogens is 3. The summed E-state index contributed by atoms with van der Waals surface area (Å²) in [6.07, 6.45) is 3.21.